The van der Waals surface area contributed by atoms with E-state index in [1.165, 1.54) is 11.0 Å². The molecule has 0 N–H and O–H groups in total. The molecule has 1 aliphatic carbocycles. The highest BCUT2D eigenvalue weighted by molar-refractivity contribution is 6.19. The number of imide groups is 1. The zero-order valence-corrected chi connectivity index (χ0v) is 9.61. The maximum absolute atomic E-state index is 12.0. The smallest absolute Gasteiger partial charge is 0.262 e. The highest BCUT2D eigenvalue weighted by Gasteiger charge is 2.37. The van der Waals surface area contributed by atoms with Gasteiger partial charge in [-0.25, -0.2) is 0 Å². The Morgan fingerprint density at radius 1 is 1.35 bits per heavy atom. The number of carbonyl (C=O) groups is 2. The van der Waals surface area contributed by atoms with Crippen molar-refractivity contribution in [3.05, 3.63) is 23.8 Å². The molecule has 0 spiro atoms. The summed E-state index contributed by atoms with van der Waals surface area (Å²) in [5.41, 5.74) is 0.227. The first-order chi connectivity index (χ1) is 8.15. The van der Waals surface area contributed by atoms with Crippen molar-refractivity contribution in [1.29, 1.82) is 5.26 Å². The molecule has 2 aliphatic rings. The maximum Gasteiger partial charge on any atom is 0.262 e. The van der Waals surface area contributed by atoms with E-state index in [1.54, 1.807) is 0 Å². The second kappa shape index (κ2) is 4.54. The molecule has 0 aromatic carbocycles. The third-order valence-corrected chi connectivity index (χ3v) is 3.35. The van der Waals surface area contributed by atoms with Crippen LogP contribution in [-0.2, 0) is 9.59 Å². The van der Waals surface area contributed by atoms with Crippen molar-refractivity contribution in [1.82, 2.24) is 4.90 Å². The van der Waals surface area contributed by atoms with Gasteiger partial charge in [-0.3, -0.25) is 14.5 Å². The molecule has 2 rings (SSSR count). The van der Waals surface area contributed by atoms with Crippen LogP contribution in [0.1, 0.15) is 32.1 Å². The Morgan fingerprint density at radius 3 is 2.59 bits per heavy atom. The monoisotopic (exact) mass is 230 g/mol. The Morgan fingerprint density at radius 2 is 2.00 bits per heavy atom. The van der Waals surface area contributed by atoms with Crippen LogP contribution in [0.4, 0.5) is 0 Å². The minimum atomic E-state index is -0.353. The summed E-state index contributed by atoms with van der Waals surface area (Å²) in [4.78, 5) is 25.1. The second-order valence-electron chi connectivity index (χ2n) is 4.45. The van der Waals surface area contributed by atoms with Crippen LogP contribution in [0.2, 0.25) is 0 Å². The summed E-state index contributed by atoms with van der Waals surface area (Å²) >= 11 is 0. The van der Waals surface area contributed by atoms with Gasteiger partial charge in [0.1, 0.15) is 0 Å². The summed E-state index contributed by atoms with van der Waals surface area (Å²) in [5.74, 6) is -0.651. The summed E-state index contributed by atoms with van der Waals surface area (Å²) in [7, 11) is 0. The molecule has 0 saturated heterocycles. The topological polar surface area (TPSA) is 61.2 Å². The lowest BCUT2D eigenvalue weighted by Crippen LogP contribution is -2.41. The van der Waals surface area contributed by atoms with Gasteiger partial charge in [0.2, 0.25) is 0 Å². The molecule has 0 aromatic rings. The Bertz CT molecular complexity index is 451. The van der Waals surface area contributed by atoms with Crippen molar-refractivity contribution < 1.29 is 9.59 Å². The molecule has 88 valence electrons. The quantitative estimate of drug-likeness (QED) is 0.535. The molecule has 1 fully saturated rings. The standard InChI is InChI=1S/C13H14N2O2/c1-9(8-14)11-7-12(16)15(13(11)17)10-5-3-2-4-6-10/h7,10H,1-6H2. The minimum Gasteiger partial charge on any atom is -0.272 e. The fraction of sp³-hybridized carbons (Fsp3) is 0.462. The van der Waals surface area contributed by atoms with Gasteiger partial charge in [0, 0.05) is 12.1 Å². The Kier molecular flexibility index (Phi) is 3.10. The van der Waals surface area contributed by atoms with E-state index in [0.717, 1.165) is 32.1 Å². The fourth-order valence-corrected chi connectivity index (χ4v) is 2.45. The normalized spacial score (nSPS) is 21.4. The molecular weight excluding hydrogens is 216 g/mol. The molecule has 4 nitrogen and oxygen atoms in total. The van der Waals surface area contributed by atoms with E-state index in [0.29, 0.717) is 0 Å². The number of carbonyl (C=O) groups excluding carboxylic acids is 2. The van der Waals surface area contributed by atoms with Gasteiger partial charge in [0.15, 0.2) is 0 Å². The van der Waals surface area contributed by atoms with Crippen LogP contribution in [0, 0.1) is 11.3 Å². The number of hydrogen-bond donors (Lipinski definition) is 0. The first-order valence-electron chi connectivity index (χ1n) is 5.83. The van der Waals surface area contributed by atoms with Gasteiger partial charge in [-0.05, 0) is 12.8 Å². The zero-order chi connectivity index (χ0) is 12.4. The molecule has 0 unspecified atom stereocenters. The summed E-state index contributed by atoms with van der Waals surface area (Å²) in [5, 5.41) is 8.72. The van der Waals surface area contributed by atoms with Gasteiger partial charge in [0.25, 0.3) is 11.8 Å². The molecule has 1 saturated carbocycles. The third kappa shape index (κ3) is 2.01. The van der Waals surface area contributed by atoms with E-state index in [1.807, 2.05) is 6.07 Å². The molecule has 17 heavy (non-hydrogen) atoms. The number of hydrogen-bond acceptors (Lipinski definition) is 3. The minimum absolute atomic E-state index is 0.00370. The number of nitriles is 1. The van der Waals surface area contributed by atoms with E-state index < -0.39 is 0 Å². The first-order valence-corrected chi connectivity index (χ1v) is 5.83. The average Bonchev–Trinajstić information content (AvgIpc) is 2.65. The fourth-order valence-electron chi connectivity index (χ4n) is 2.45. The van der Waals surface area contributed by atoms with Crippen LogP contribution in [0.15, 0.2) is 23.8 Å². The molecule has 0 aromatic heterocycles. The van der Waals surface area contributed by atoms with Crippen molar-refractivity contribution in [3.63, 3.8) is 0 Å². The Labute approximate surface area is 100 Å². The first kappa shape index (κ1) is 11.6. The Hall–Kier alpha value is -1.89. The lowest BCUT2D eigenvalue weighted by Gasteiger charge is -2.29. The van der Waals surface area contributed by atoms with Gasteiger partial charge in [0.05, 0.1) is 17.2 Å². The third-order valence-electron chi connectivity index (χ3n) is 3.35. The second-order valence-corrected chi connectivity index (χ2v) is 4.45. The maximum atomic E-state index is 12.0. The largest absolute Gasteiger partial charge is 0.272 e. The van der Waals surface area contributed by atoms with Crippen LogP contribution >= 0.6 is 0 Å². The summed E-state index contributed by atoms with van der Waals surface area (Å²) in [6.45, 7) is 3.49. The van der Waals surface area contributed by atoms with Gasteiger partial charge >= 0.3 is 0 Å². The number of amides is 2. The van der Waals surface area contributed by atoms with E-state index in [-0.39, 0.29) is 29.0 Å². The predicted molar refractivity (Wildman–Crippen MR) is 61.6 cm³/mol. The molecule has 4 heteroatoms. The van der Waals surface area contributed by atoms with Crippen molar-refractivity contribution in [2.24, 2.45) is 0 Å². The highest BCUT2D eigenvalue weighted by Crippen LogP contribution is 2.28. The van der Waals surface area contributed by atoms with Crippen LogP contribution < -0.4 is 0 Å². The van der Waals surface area contributed by atoms with E-state index in [2.05, 4.69) is 6.58 Å². The SMILES string of the molecule is C=C(C#N)C1=CC(=O)N(C2CCCCC2)C1=O. The van der Waals surface area contributed by atoms with Crippen LogP contribution in [0.5, 0.6) is 0 Å². The molecule has 1 aliphatic heterocycles. The van der Waals surface area contributed by atoms with Gasteiger partial charge in [-0.15, -0.1) is 0 Å². The molecule has 0 atom stereocenters. The molecule has 1 heterocycles. The van der Waals surface area contributed by atoms with Crippen LogP contribution in [-0.4, -0.2) is 22.8 Å². The van der Waals surface area contributed by atoms with E-state index in [9.17, 15) is 9.59 Å². The summed E-state index contributed by atoms with van der Waals surface area (Å²) in [6.07, 6.45) is 6.25. The van der Waals surface area contributed by atoms with Crippen molar-refractivity contribution in [2.75, 3.05) is 0 Å². The average molecular weight is 230 g/mol. The van der Waals surface area contributed by atoms with Crippen molar-refractivity contribution in [3.8, 4) is 6.07 Å². The molecule has 0 radical (unpaired) electrons. The summed E-state index contributed by atoms with van der Waals surface area (Å²) < 4.78 is 0. The van der Waals surface area contributed by atoms with Crippen LogP contribution in [0.25, 0.3) is 0 Å². The van der Waals surface area contributed by atoms with E-state index in [4.69, 9.17) is 5.26 Å². The van der Waals surface area contributed by atoms with Crippen molar-refractivity contribution in [2.45, 2.75) is 38.1 Å². The molecule has 2 amide bonds. The number of nitrogens with zero attached hydrogens (tertiary/aromatic N) is 2. The highest BCUT2D eigenvalue weighted by atomic mass is 16.2. The zero-order valence-electron chi connectivity index (χ0n) is 9.61. The van der Waals surface area contributed by atoms with E-state index >= 15 is 0 Å². The van der Waals surface area contributed by atoms with Gasteiger partial charge in [-0.2, -0.15) is 5.26 Å². The lowest BCUT2D eigenvalue weighted by atomic mass is 9.94. The van der Waals surface area contributed by atoms with Gasteiger partial charge < -0.3 is 0 Å². The predicted octanol–water partition coefficient (Wildman–Crippen LogP) is 1.69. The summed E-state index contributed by atoms with van der Waals surface area (Å²) in [6, 6.07) is 1.82. The molecule has 0 bridgehead atoms. The van der Waals surface area contributed by atoms with Crippen LogP contribution in [0.3, 0.4) is 0 Å². The van der Waals surface area contributed by atoms with Crippen molar-refractivity contribution >= 4 is 11.8 Å². The lowest BCUT2D eigenvalue weighted by molar-refractivity contribution is -0.140. The Balaban J connectivity index is 2.18. The van der Waals surface area contributed by atoms with Gasteiger partial charge in [-0.1, -0.05) is 25.8 Å². The molecular formula is C13H14N2O2. The number of rotatable bonds is 2.